The minimum Gasteiger partial charge on any atom is -0.341 e. The van der Waals surface area contributed by atoms with Gasteiger partial charge in [0, 0.05) is 31.0 Å². The zero-order chi connectivity index (χ0) is 17.6. The summed E-state index contributed by atoms with van der Waals surface area (Å²) in [4.78, 5) is 13.9. The Hall–Kier alpha value is -1.70. The van der Waals surface area contributed by atoms with E-state index in [1.165, 1.54) is 12.1 Å². The summed E-state index contributed by atoms with van der Waals surface area (Å²) in [7, 11) is -1.91. The molecule has 24 heavy (non-hydrogen) atoms. The minimum atomic E-state index is -3.61. The third-order valence-electron chi connectivity index (χ3n) is 3.43. The fraction of sp³-hybridized carbons (Fsp3) is 0.235. The van der Waals surface area contributed by atoms with Gasteiger partial charge in [0.25, 0.3) is 0 Å². The number of amides is 1. The first-order valence-corrected chi connectivity index (χ1v) is 9.69. The summed E-state index contributed by atoms with van der Waals surface area (Å²) < 4.78 is 27.5. The molecule has 0 aliphatic rings. The van der Waals surface area contributed by atoms with E-state index < -0.39 is 10.0 Å². The number of halogens is 1. The van der Waals surface area contributed by atoms with Crippen molar-refractivity contribution >= 4 is 31.9 Å². The van der Waals surface area contributed by atoms with Crippen LogP contribution in [0, 0.1) is 0 Å². The van der Waals surface area contributed by atoms with Crippen LogP contribution >= 0.6 is 15.9 Å². The van der Waals surface area contributed by atoms with E-state index in [2.05, 4.69) is 20.7 Å². The summed E-state index contributed by atoms with van der Waals surface area (Å²) in [6.45, 7) is 0.560. The van der Waals surface area contributed by atoms with Crippen LogP contribution in [0.15, 0.2) is 64.0 Å². The van der Waals surface area contributed by atoms with Gasteiger partial charge in [-0.2, -0.15) is 0 Å². The number of carbonyl (C=O) groups is 1. The van der Waals surface area contributed by atoms with Crippen LogP contribution in [0.4, 0.5) is 0 Å². The first kappa shape index (κ1) is 18.6. The number of carbonyl (C=O) groups excluding carboxylic acids is 1. The largest absolute Gasteiger partial charge is 0.341 e. The smallest absolute Gasteiger partial charge is 0.240 e. The Balaban J connectivity index is 1.85. The number of nitrogens with one attached hydrogen (secondary N) is 1. The molecule has 0 bridgehead atoms. The molecule has 2 aromatic carbocycles. The predicted octanol–water partition coefficient (Wildman–Crippen LogP) is 2.78. The molecule has 1 N–H and O–H groups in total. The lowest BCUT2D eigenvalue weighted by atomic mass is 10.2. The quantitative estimate of drug-likeness (QED) is 0.762. The van der Waals surface area contributed by atoms with Crippen LogP contribution in [0.1, 0.15) is 12.0 Å². The van der Waals surface area contributed by atoms with Crippen molar-refractivity contribution in [2.45, 2.75) is 17.9 Å². The van der Waals surface area contributed by atoms with E-state index >= 15 is 0 Å². The average Bonchev–Trinajstić information content (AvgIpc) is 2.55. The highest BCUT2D eigenvalue weighted by molar-refractivity contribution is 9.10. The molecule has 2 rings (SSSR count). The molecule has 0 aliphatic heterocycles. The van der Waals surface area contributed by atoms with E-state index in [4.69, 9.17) is 0 Å². The molecule has 0 aromatic heterocycles. The fourth-order valence-corrected chi connectivity index (χ4v) is 3.77. The number of hydrogen-bond donors (Lipinski definition) is 1. The number of nitrogens with zero attached hydrogens (tertiary/aromatic N) is 1. The highest BCUT2D eigenvalue weighted by atomic mass is 79.9. The Labute approximate surface area is 150 Å². The highest BCUT2D eigenvalue weighted by Gasteiger charge is 2.15. The third kappa shape index (κ3) is 5.43. The van der Waals surface area contributed by atoms with Gasteiger partial charge in [0.1, 0.15) is 0 Å². The first-order chi connectivity index (χ1) is 11.4. The average molecular weight is 411 g/mol. The van der Waals surface area contributed by atoms with E-state index in [1.807, 2.05) is 30.3 Å². The van der Waals surface area contributed by atoms with Crippen molar-refractivity contribution in [2.24, 2.45) is 0 Å². The summed E-state index contributed by atoms with van der Waals surface area (Å²) in [5.41, 5.74) is 1.03. The predicted molar refractivity (Wildman–Crippen MR) is 96.9 cm³/mol. The zero-order valence-electron chi connectivity index (χ0n) is 13.3. The third-order valence-corrected chi connectivity index (χ3v) is 5.38. The van der Waals surface area contributed by atoms with Crippen molar-refractivity contribution < 1.29 is 13.2 Å². The molecule has 7 heteroatoms. The molecule has 128 valence electrons. The van der Waals surface area contributed by atoms with Crippen LogP contribution < -0.4 is 4.72 Å². The Morgan fingerprint density at radius 1 is 1.12 bits per heavy atom. The number of rotatable bonds is 7. The normalized spacial score (nSPS) is 11.2. The molecule has 0 aliphatic carbocycles. The van der Waals surface area contributed by atoms with E-state index in [0.29, 0.717) is 11.0 Å². The van der Waals surface area contributed by atoms with Crippen molar-refractivity contribution in [1.82, 2.24) is 9.62 Å². The van der Waals surface area contributed by atoms with E-state index in [-0.39, 0.29) is 23.8 Å². The van der Waals surface area contributed by atoms with Gasteiger partial charge in [0.05, 0.1) is 4.90 Å². The summed E-state index contributed by atoms with van der Waals surface area (Å²) in [5, 5.41) is 0. The molecule has 2 aromatic rings. The zero-order valence-corrected chi connectivity index (χ0v) is 15.7. The molecule has 0 unspecified atom stereocenters. The second-order valence-corrected chi connectivity index (χ2v) is 8.02. The maximum absolute atomic E-state index is 12.2. The number of hydrogen-bond acceptors (Lipinski definition) is 3. The second kappa shape index (κ2) is 8.41. The molecule has 0 saturated carbocycles. The van der Waals surface area contributed by atoms with Crippen LogP contribution in [0.25, 0.3) is 0 Å². The molecule has 0 atom stereocenters. The highest BCUT2D eigenvalue weighted by Crippen LogP contribution is 2.15. The fourth-order valence-electron chi connectivity index (χ4n) is 2.15. The molecular weight excluding hydrogens is 392 g/mol. The van der Waals surface area contributed by atoms with Gasteiger partial charge in [0.15, 0.2) is 0 Å². The van der Waals surface area contributed by atoms with Crippen LogP contribution in [-0.2, 0) is 21.4 Å². The second-order valence-electron chi connectivity index (χ2n) is 5.34. The standard InChI is InChI=1S/C17H19BrN2O3S/c1-20(13-14-6-3-2-4-7-14)17(21)10-11-19-24(22,23)16-9-5-8-15(18)12-16/h2-9,12,19H,10-11,13H2,1H3. The Bertz CT molecular complexity index is 794. The van der Waals surface area contributed by atoms with Crippen molar-refractivity contribution in [1.29, 1.82) is 0 Å². The molecule has 0 radical (unpaired) electrons. The van der Waals surface area contributed by atoms with Crippen LogP contribution in [0.3, 0.4) is 0 Å². The van der Waals surface area contributed by atoms with Gasteiger partial charge in [-0.05, 0) is 23.8 Å². The monoisotopic (exact) mass is 410 g/mol. The number of benzene rings is 2. The van der Waals surface area contributed by atoms with E-state index in [1.54, 1.807) is 24.1 Å². The molecule has 0 fully saturated rings. The van der Waals surface area contributed by atoms with Crippen molar-refractivity contribution in [3.63, 3.8) is 0 Å². The van der Waals surface area contributed by atoms with Crippen molar-refractivity contribution in [3.8, 4) is 0 Å². The molecule has 1 amide bonds. The lowest BCUT2D eigenvalue weighted by Crippen LogP contribution is -2.31. The lowest BCUT2D eigenvalue weighted by Gasteiger charge is -2.17. The summed E-state index contributed by atoms with van der Waals surface area (Å²) >= 11 is 3.24. The van der Waals surface area contributed by atoms with Gasteiger partial charge in [0.2, 0.25) is 15.9 Å². The number of sulfonamides is 1. The Morgan fingerprint density at radius 3 is 2.50 bits per heavy atom. The van der Waals surface area contributed by atoms with Crippen LogP contribution in [0.2, 0.25) is 0 Å². The summed E-state index contributed by atoms with van der Waals surface area (Å²) in [5.74, 6) is -0.115. The maximum atomic E-state index is 12.2. The Morgan fingerprint density at radius 2 is 1.83 bits per heavy atom. The first-order valence-electron chi connectivity index (χ1n) is 7.41. The summed E-state index contributed by atoms with van der Waals surface area (Å²) in [6, 6.07) is 16.1. The SMILES string of the molecule is CN(Cc1ccccc1)C(=O)CCNS(=O)(=O)c1cccc(Br)c1. The van der Waals surface area contributed by atoms with Gasteiger partial charge < -0.3 is 4.90 Å². The van der Waals surface area contributed by atoms with Crippen molar-refractivity contribution in [2.75, 3.05) is 13.6 Å². The van der Waals surface area contributed by atoms with E-state index in [9.17, 15) is 13.2 Å². The molecule has 5 nitrogen and oxygen atoms in total. The summed E-state index contributed by atoms with van der Waals surface area (Å²) in [6.07, 6.45) is 0.108. The van der Waals surface area contributed by atoms with Gasteiger partial charge in [-0.15, -0.1) is 0 Å². The topological polar surface area (TPSA) is 66.5 Å². The molecule has 0 saturated heterocycles. The van der Waals surface area contributed by atoms with Gasteiger partial charge in [-0.1, -0.05) is 52.3 Å². The van der Waals surface area contributed by atoms with E-state index in [0.717, 1.165) is 5.56 Å². The van der Waals surface area contributed by atoms with Crippen LogP contribution in [-0.4, -0.2) is 32.8 Å². The van der Waals surface area contributed by atoms with Crippen molar-refractivity contribution in [3.05, 3.63) is 64.6 Å². The van der Waals surface area contributed by atoms with Gasteiger partial charge in [-0.25, -0.2) is 13.1 Å². The lowest BCUT2D eigenvalue weighted by molar-refractivity contribution is -0.130. The molecular formula is C17H19BrN2O3S. The Kier molecular flexibility index (Phi) is 6.53. The van der Waals surface area contributed by atoms with Crippen LogP contribution in [0.5, 0.6) is 0 Å². The molecule has 0 spiro atoms. The minimum absolute atomic E-state index is 0.0623. The van der Waals surface area contributed by atoms with Gasteiger partial charge >= 0.3 is 0 Å². The van der Waals surface area contributed by atoms with Gasteiger partial charge in [-0.3, -0.25) is 4.79 Å². The molecule has 0 heterocycles. The maximum Gasteiger partial charge on any atom is 0.240 e.